The Labute approximate surface area is 185 Å². The molecule has 1 saturated heterocycles. The number of benzene rings is 1. The molecule has 0 spiro atoms. The lowest BCUT2D eigenvalue weighted by Crippen LogP contribution is -2.28. The minimum absolute atomic E-state index is 0.0387. The van der Waals surface area contributed by atoms with Gasteiger partial charge in [0.2, 0.25) is 5.91 Å². The molecule has 1 aromatic carbocycles. The maximum Gasteiger partial charge on any atom is 0.338 e. The summed E-state index contributed by atoms with van der Waals surface area (Å²) in [5, 5.41) is 2.60. The Morgan fingerprint density at radius 3 is 2.62 bits per heavy atom. The maximum absolute atomic E-state index is 12.3. The largest absolute Gasteiger partial charge is 0.467 e. The molecule has 0 unspecified atom stereocenters. The molecule has 1 fully saturated rings. The topological polar surface area (TPSA) is 115 Å². The number of hydrogen-bond donors (Lipinski definition) is 1. The molecule has 1 aromatic heterocycles. The Morgan fingerprint density at radius 2 is 1.94 bits per heavy atom. The first-order valence-corrected chi connectivity index (χ1v) is 10.5. The van der Waals surface area contributed by atoms with Gasteiger partial charge in [0.05, 0.1) is 30.9 Å². The first-order chi connectivity index (χ1) is 15.5. The predicted molar refractivity (Wildman–Crippen MR) is 113 cm³/mol. The second-order valence-electron chi connectivity index (χ2n) is 7.48. The van der Waals surface area contributed by atoms with E-state index >= 15 is 0 Å². The Bertz CT molecular complexity index is 938. The van der Waals surface area contributed by atoms with Crippen LogP contribution in [-0.2, 0) is 30.4 Å². The van der Waals surface area contributed by atoms with Gasteiger partial charge in [-0.1, -0.05) is 13.3 Å². The van der Waals surface area contributed by atoms with Crippen molar-refractivity contribution in [1.29, 1.82) is 0 Å². The highest BCUT2D eigenvalue weighted by Crippen LogP contribution is 2.21. The van der Waals surface area contributed by atoms with Crippen molar-refractivity contribution in [2.24, 2.45) is 5.92 Å². The molecule has 0 saturated carbocycles. The van der Waals surface area contributed by atoms with Crippen molar-refractivity contribution in [1.82, 2.24) is 4.90 Å². The number of nitrogens with zero attached hydrogens (tertiary/aromatic N) is 1. The van der Waals surface area contributed by atoms with Gasteiger partial charge in [-0.2, -0.15) is 0 Å². The third-order valence-electron chi connectivity index (χ3n) is 4.96. The van der Waals surface area contributed by atoms with Crippen molar-refractivity contribution < 1.29 is 33.1 Å². The van der Waals surface area contributed by atoms with Crippen LogP contribution in [0.4, 0.5) is 5.69 Å². The lowest BCUT2D eigenvalue weighted by molar-refractivity contribution is -0.151. The number of nitrogens with one attached hydrogen (secondary N) is 1. The Morgan fingerprint density at radius 1 is 1.16 bits per heavy atom. The smallest absolute Gasteiger partial charge is 0.338 e. The van der Waals surface area contributed by atoms with Crippen molar-refractivity contribution in [2.45, 2.75) is 32.7 Å². The molecule has 0 radical (unpaired) electrons. The summed E-state index contributed by atoms with van der Waals surface area (Å²) in [6.45, 7) is 2.41. The number of esters is 2. The molecule has 2 heterocycles. The highest BCUT2D eigenvalue weighted by molar-refractivity contribution is 5.95. The number of anilines is 1. The third-order valence-corrected chi connectivity index (χ3v) is 4.96. The lowest BCUT2D eigenvalue weighted by Gasteiger charge is -2.14. The molecule has 1 N–H and O–H groups in total. The molecule has 1 atom stereocenters. The fourth-order valence-electron chi connectivity index (χ4n) is 3.21. The molecule has 32 heavy (non-hydrogen) atoms. The van der Waals surface area contributed by atoms with Crippen LogP contribution in [0.3, 0.4) is 0 Å². The van der Waals surface area contributed by atoms with Crippen LogP contribution in [-0.4, -0.2) is 48.4 Å². The van der Waals surface area contributed by atoms with E-state index in [0.29, 0.717) is 23.6 Å². The normalized spacial score (nSPS) is 15.5. The number of carbonyl (C=O) groups excluding carboxylic acids is 4. The van der Waals surface area contributed by atoms with E-state index in [0.717, 1.165) is 12.8 Å². The van der Waals surface area contributed by atoms with Crippen LogP contribution in [0.5, 0.6) is 0 Å². The van der Waals surface area contributed by atoms with E-state index in [1.807, 2.05) is 6.92 Å². The van der Waals surface area contributed by atoms with Gasteiger partial charge in [0, 0.05) is 18.7 Å². The van der Waals surface area contributed by atoms with E-state index in [2.05, 4.69) is 5.32 Å². The van der Waals surface area contributed by atoms with Gasteiger partial charge in [-0.05, 0) is 42.8 Å². The number of furan rings is 1. The quantitative estimate of drug-likeness (QED) is 0.444. The first-order valence-electron chi connectivity index (χ1n) is 10.5. The molecule has 1 aliphatic rings. The third kappa shape index (κ3) is 6.44. The van der Waals surface area contributed by atoms with E-state index in [1.165, 1.54) is 11.2 Å². The molecule has 2 aromatic rings. The van der Waals surface area contributed by atoms with Gasteiger partial charge in [0.25, 0.3) is 5.91 Å². The molecule has 9 heteroatoms. The summed E-state index contributed by atoms with van der Waals surface area (Å²) in [4.78, 5) is 49.9. The van der Waals surface area contributed by atoms with Crippen LogP contribution < -0.4 is 5.32 Å². The van der Waals surface area contributed by atoms with E-state index in [-0.39, 0.29) is 25.4 Å². The molecular formula is C23H26N2O7. The average molecular weight is 442 g/mol. The lowest BCUT2D eigenvalue weighted by atomic mass is 10.1. The van der Waals surface area contributed by atoms with Crippen molar-refractivity contribution in [3.63, 3.8) is 0 Å². The van der Waals surface area contributed by atoms with Crippen molar-refractivity contribution in [3.05, 3.63) is 54.0 Å². The summed E-state index contributed by atoms with van der Waals surface area (Å²) in [6.07, 6.45) is 3.29. The number of hydrogen-bond acceptors (Lipinski definition) is 7. The minimum Gasteiger partial charge on any atom is -0.467 e. The SMILES string of the molecule is CCCCOC(=O)c1ccc(NC(=O)COC(=O)[C@H]2CC(=O)N(Cc3ccco3)C2)cc1. The molecule has 170 valence electrons. The average Bonchev–Trinajstić information content (AvgIpc) is 3.43. The second kappa shape index (κ2) is 11.1. The summed E-state index contributed by atoms with van der Waals surface area (Å²) in [5.41, 5.74) is 0.840. The van der Waals surface area contributed by atoms with Crippen molar-refractivity contribution >= 4 is 29.4 Å². The number of ether oxygens (including phenoxy) is 2. The van der Waals surface area contributed by atoms with Crippen LogP contribution in [0.25, 0.3) is 0 Å². The van der Waals surface area contributed by atoms with Gasteiger partial charge in [-0.15, -0.1) is 0 Å². The van der Waals surface area contributed by atoms with Gasteiger partial charge in [-0.25, -0.2) is 4.79 Å². The number of rotatable bonds is 10. The van der Waals surface area contributed by atoms with Gasteiger partial charge in [-0.3, -0.25) is 14.4 Å². The van der Waals surface area contributed by atoms with Crippen LogP contribution in [0.1, 0.15) is 42.3 Å². The van der Waals surface area contributed by atoms with E-state index in [9.17, 15) is 19.2 Å². The number of carbonyl (C=O) groups is 4. The standard InChI is InChI=1S/C23H26N2O7/c1-2-3-10-31-22(28)16-6-8-18(9-7-16)24-20(26)15-32-23(29)17-12-21(27)25(13-17)14-19-5-4-11-30-19/h4-9,11,17H,2-3,10,12-15H2,1H3,(H,24,26)/t17-/m0/s1. The minimum atomic E-state index is -0.622. The molecule has 9 nitrogen and oxygen atoms in total. The predicted octanol–water partition coefficient (Wildman–Crippen LogP) is 2.77. The zero-order valence-corrected chi connectivity index (χ0v) is 17.9. The highest BCUT2D eigenvalue weighted by atomic mass is 16.5. The Kier molecular flexibility index (Phi) is 8.02. The van der Waals surface area contributed by atoms with E-state index in [4.69, 9.17) is 13.9 Å². The maximum atomic E-state index is 12.3. The van der Waals surface area contributed by atoms with Crippen LogP contribution >= 0.6 is 0 Å². The summed E-state index contributed by atoms with van der Waals surface area (Å²) in [5.74, 6) is -1.69. The van der Waals surface area contributed by atoms with Crippen LogP contribution in [0.15, 0.2) is 47.1 Å². The number of likely N-dealkylation sites (tertiary alicyclic amines) is 1. The zero-order chi connectivity index (χ0) is 22.9. The molecule has 0 bridgehead atoms. The van der Waals surface area contributed by atoms with Gasteiger partial charge >= 0.3 is 11.9 Å². The highest BCUT2D eigenvalue weighted by Gasteiger charge is 2.35. The van der Waals surface area contributed by atoms with Crippen LogP contribution in [0, 0.1) is 5.92 Å². The fraction of sp³-hybridized carbons (Fsp3) is 0.391. The molecule has 2 amide bonds. The first kappa shape index (κ1) is 23.1. The Balaban J connectivity index is 1.41. The Hall–Kier alpha value is -3.62. The van der Waals surface area contributed by atoms with E-state index in [1.54, 1.807) is 36.4 Å². The zero-order valence-electron chi connectivity index (χ0n) is 17.9. The van der Waals surface area contributed by atoms with Crippen molar-refractivity contribution in [3.8, 4) is 0 Å². The van der Waals surface area contributed by atoms with Gasteiger partial charge < -0.3 is 24.1 Å². The monoisotopic (exact) mass is 442 g/mol. The summed E-state index contributed by atoms with van der Waals surface area (Å²) in [7, 11) is 0. The molecule has 0 aliphatic carbocycles. The number of amides is 2. The summed E-state index contributed by atoms with van der Waals surface area (Å²) in [6, 6.07) is 9.72. The van der Waals surface area contributed by atoms with E-state index < -0.39 is 30.4 Å². The van der Waals surface area contributed by atoms with Gasteiger partial charge in [0.1, 0.15) is 5.76 Å². The van der Waals surface area contributed by atoms with Crippen molar-refractivity contribution in [2.75, 3.05) is 25.1 Å². The fourth-order valence-corrected chi connectivity index (χ4v) is 3.21. The second-order valence-corrected chi connectivity index (χ2v) is 7.48. The molecule has 3 rings (SSSR count). The number of unbranched alkanes of at least 4 members (excludes halogenated alkanes) is 1. The summed E-state index contributed by atoms with van der Waals surface area (Å²) < 4.78 is 15.4. The summed E-state index contributed by atoms with van der Waals surface area (Å²) >= 11 is 0. The molecular weight excluding hydrogens is 416 g/mol. The van der Waals surface area contributed by atoms with Gasteiger partial charge in [0.15, 0.2) is 6.61 Å². The van der Waals surface area contributed by atoms with Crippen LogP contribution in [0.2, 0.25) is 0 Å². The molecule has 1 aliphatic heterocycles.